The smallest absolute Gasteiger partial charge is 0.325 e. The molecule has 4 rings (SSSR count). The Hall–Kier alpha value is -3.17. The van der Waals surface area contributed by atoms with E-state index < -0.39 is 5.97 Å². The molecule has 0 spiro atoms. The van der Waals surface area contributed by atoms with Crippen LogP contribution >= 0.6 is 0 Å². The number of hydrogen-bond donors (Lipinski definition) is 1. The minimum absolute atomic E-state index is 0.211. The number of ether oxygens (including phenoxy) is 2. The summed E-state index contributed by atoms with van der Waals surface area (Å²) in [5, 5.41) is 14.0. The Bertz CT molecular complexity index is 1150. The molecular formula is C23H26N4O5. The molecule has 3 aromatic rings. The highest BCUT2D eigenvalue weighted by Gasteiger charge is 2.21. The molecule has 1 fully saturated rings. The summed E-state index contributed by atoms with van der Waals surface area (Å²) in [6.45, 7) is 5.60. The number of carboxylic acids is 1. The lowest BCUT2D eigenvalue weighted by molar-refractivity contribution is -0.186. The van der Waals surface area contributed by atoms with E-state index in [4.69, 9.17) is 9.47 Å². The number of carbonyl (C=O) groups excluding carboxylic acids is 1. The maximum Gasteiger partial charge on any atom is 0.325 e. The van der Waals surface area contributed by atoms with Gasteiger partial charge in [-0.1, -0.05) is 0 Å². The third kappa shape index (κ3) is 4.53. The molecule has 1 N–H and O–H groups in total. The Kier molecular flexibility index (Phi) is 6.29. The number of nitrogens with zero attached hydrogens (tertiary/aromatic N) is 4. The Morgan fingerprint density at radius 2 is 2.09 bits per heavy atom. The summed E-state index contributed by atoms with van der Waals surface area (Å²) in [6, 6.07) is 3.70. The van der Waals surface area contributed by atoms with E-state index in [9.17, 15) is 14.7 Å². The van der Waals surface area contributed by atoms with Gasteiger partial charge in [-0.3, -0.25) is 24.2 Å². The summed E-state index contributed by atoms with van der Waals surface area (Å²) in [5.41, 5.74) is 3.79. The first-order chi connectivity index (χ1) is 15.3. The molecule has 9 heteroatoms. The third-order valence-electron chi connectivity index (χ3n) is 5.53. The van der Waals surface area contributed by atoms with Gasteiger partial charge in [-0.2, -0.15) is 5.10 Å². The van der Waals surface area contributed by atoms with Gasteiger partial charge in [-0.05, 0) is 50.8 Å². The number of carbonyl (C=O) groups is 2. The lowest BCUT2D eigenvalue weighted by Gasteiger charge is -2.25. The summed E-state index contributed by atoms with van der Waals surface area (Å²) < 4.78 is 12.9. The summed E-state index contributed by atoms with van der Waals surface area (Å²) in [7, 11) is 0. The fraction of sp³-hybridized carbons (Fsp3) is 0.435. The molecule has 2 aromatic heterocycles. The fourth-order valence-electron chi connectivity index (χ4n) is 3.99. The zero-order chi connectivity index (χ0) is 22.8. The summed E-state index contributed by atoms with van der Waals surface area (Å²) in [4.78, 5) is 32.4. The maximum atomic E-state index is 12.1. The van der Waals surface area contributed by atoms with Crippen molar-refractivity contribution in [2.75, 3.05) is 6.61 Å². The van der Waals surface area contributed by atoms with Crippen molar-refractivity contribution in [3.05, 3.63) is 41.5 Å². The number of aliphatic carboxylic acids is 1. The molecule has 9 nitrogen and oxygen atoms in total. The number of aryl methyl sites for hydroxylation is 1. The van der Waals surface area contributed by atoms with Crippen molar-refractivity contribution in [2.45, 2.75) is 59.0 Å². The average Bonchev–Trinajstić information content (AvgIpc) is 3.13. The van der Waals surface area contributed by atoms with E-state index in [0.717, 1.165) is 37.0 Å². The van der Waals surface area contributed by atoms with Gasteiger partial charge in [0.1, 0.15) is 18.3 Å². The molecule has 1 aliphatic rings. The van der Waals surface area contributed by atoms with Crippen molar-refractivity contribution < 1.29 is 24.2 Å². The first-order valence-corrected chi connectivity index (χ1v) is 10.7. The zero-order valence-corrected chi connectivity index (χ0v) is 18.4. The number of Topliss-reactive ketones (excluding diaryl/α,β-unsaturated/α-hetero) is 1. The van der Waals surface area contributed by atoms with Gasteiger partial charge in [0, 0.05) is 24.5 Å². The van der Waals surface area contributed by atoms with Crippen molar-refractivity contribution in [2.24, 2.45) is 0 Å². The van der Waals surface area contributed by atoms with Crippen LogP contribution in [-0.2, 0) is 20.8 Å². The topological polar surface area (TPSA) is 116 Å². The van der Waals surface area contributed by atoms with Crippen LogP contribution in [0.3, 0.4) is 0 Å². The van der Waals surface area contributed by atoms with E-state index in [0.29, 0.717) is 22.3 Å². The largest absolute Gasteiger partial charge is 0.480 e. The number of rotatable bonds is 7. The predicted molar refractivity (Wildman–Crippen MR) is 116 cm³/mol. The van der Waals surface area contributed by atoms with Crippen LogP contribution in [0.15, 0.2) is 24.5 Å². The Morgan fingerprint density at radius 1 is 1.28 bits per heavy atom. The van der Waals surface area contributed by atoms with E-state index in [1.54, 1.807) is 12.4 Å². The predicted octanol–water partition coefficient (Wildman–Crippen LogP) is 3.69. The van der Waals surface area contributed by atoms with Crippen LogP contribution in [0.25, 0.3) is 22.2 Å². The van der Waals surface area contributed by atoms with Gasteiger partial charge >= 0.3 is 5.97 Å². The molecule has 1 aliphatic heterocycles. The molecule has 0 bridgehead atoms. The van der Waals surface area contributed by atoms with E-state index in [1.807, 2.05) is 26.0 Å². The van der Waals surface area contributed by atoms with Gasteiger partial charge < -0.3 is 14.6 Å². The maximum absolute atomic E-state index is 12.1. The number of ketones is 1. The highest BCUT2D eigenvalue weighted by Crippen LogP contribution is 2.30. The van der Waals surface area contributed by atoms with Gasteiger partial charge in [0.2, 0.25) is 0 Å². The van der Waals surface area contributed by atoms with Crippen molar-refractivity contribution in [1.82, 2.24) is 19.7 Å². The summed E-state index contributed by atoms with van der Waals surface area (Å²) in [5.74, 6) is -1.25. The second-order valence-corrected chi connectivity index (χ2v) is 8.05. The lowest BCUT2D eigenvalue weighted by atomic mass is 10.0. The van der Waals surface area contributed by atoms with Gasteiger partial charge in [0.25, 0.3) is 0 Å². The lowest BCUT2D eigenvalue weighted by Crippen LogP contribution is -2.23. The standard InChI is InChI=1S/C23H26N4O5/c1-13-8-16(9-17-22(14(2)28)26-27(23(13)17)12-20(29)30)19-11-24-18(10-25-19)15(3)32-21-6-4-5-7-31-21/h8-11,15,21H,4-7,12H2,1-3H3,(H,29,30). The zero-order valence-electron chi connectivity index (χ0n) is 18.4. The van der Waals surface area contributed by atoms with Crippen LogP contribution in [0.5, 0.6) is 0 Å². The van der Waals surface area contributed by atoms with Crippen LogP contribution in [0.1, 0.15) is 61.0 Å². The van der Waals surface area contributed by atoms with E-state index >= 15 is 0 Å². The molecule has 32 heavy (non-hydrogen) atoms. The monoisotopic (exact) mass is 438 g/mol. The van der Waals surface area contributed by atoms with Gasteiger partial charge in [0.15, 0.2) is 12.1 Å². The van der Waals surface area contributed by atoms with Crippen molar-refractivity contribution >= 4 is 22.7 Å². The first kappa shape index (κ1) is 22.0. The molecular weight excluding hydrogens is 412 g/mol. The van der Waals surface area contributed by atoms with Crippen molar-refractivity contribution in [3.8, 4) is 11.3 Å². The van der Waals surface area contributed by atoms with Crippen molar-refractivity contribution in [3.63, 3.8) is 0 Å². The van der Waals surface area contributed by atoms with E-state index in [2.05, 4.69) is 15.1 Å². The second-order valence-electron chi connectivity index (χ2n) is 8.05. The van der Waals surface area contributed by atoms with Gasteiger partial charge in [0.05, 0.1) is 29.3 Å². The van der Waals surface area contributed by atoms with E-state index in [1.165, 1.54) is 11.6 Å². The Morgan fingerprint density at radius 3 is 2.72 bits per heavy atom. The molecule has 0 saturated carbocycles. The molecule has 0 radical (unpaired) electrons. The average molecular weight is 438 g/mol. The molecule has 168 valence electrons. The SMILES string of the molecule is CC(=O)c1nn(CC(=O)O)c2c(C)cc(-c3cnc(C(C)OC4CCCCO4)cn3)cc12. The summed E-state index contributed by atoms with van der Waals surface area (Å²) in [6.07, 6.45) is 5.93. The highest BCUT2D eigenvalue weighted by molar-refractivity contribution is 6.06. The highest BCUT2D eigenvalue weighted by atomic mass is 16.7. The number of fused-ring (bicyclic) bond motifs is 1. The minimum atomic E-state index is -1.02. The van der Waals surface area contributed by atoms with Gasteiger partial charge in [-0.25, -0.2) is 0 Å². The first-order valence-electron chi connectivity index (χ1n) is 10.7. The molecule has 1 saturated heterocycles. The molecule has 2 atom stereocenters. The van der Waals surface area contributed by atoms with Crippen LogP contribution < -0.4 is 0 Å². The van der Waals surface area contributed by atoms with Crippen LogP contribution in [0.4, 0.5) is 0 Å². The minimum Gasteiger partial charge on any atom is -0.480 e. The molecule has 0 amide bonds. The van der Waals surface area contributed by atoms with Gasteiger partial charge in [-0.15, -0.1) is 0 Å². The van der Waals surface area contributed by atoms with Crippen molar-refractivity contribution in [1.29, 1.82) is 0 Å². The number of hydrogen-bond acceptors (Lipinski definition) is 7. The molecule has 1 aromatic carbocycles. The molecule has 3 heterocycles. The third-order valence-corrected chi connectivity index (χ3v) is 5.53. The molecule has 0 aliphatic carbocycles. The van der Waals surface area contributed by atoms with Crippen LogP contribution in [-0.4, -0.2) is 49.5 Å². The quantitative estimate of drug-likeness (QED) is 0.555. The number of aromatic nitrogens is 4. The fourth-order valence-corrected chi connectivity index (χ4v) is 3.99. The second kappa shape index (κ2) is 9.13. The summed E-state index contributed by atoms with van der Waals surface area (Å²) >= 11 is 0. The molecule has 2 unspecified atom stereocenters. The van der Waals surface area contributed by atoms with E-state index in [-0.39, 0.29) is 30.4 Å². The normalized spacial score (nSPS) is 17.4. The number of benzene rings is 1. The van der Waals surface area contributed by atoms with Crippen LogP contribution in [0, 0.1) is 6.92 Å². The Labute approximate surface area is 185 Å². The van der Waals surface area contributed by atoms with Crippen LogP contribution in [0.2, 0.25) is 0 Å². The number of carboxylic acid groups (broad SMARTS) is 1. The Balaban J connectivity index is 1.63.